The Morgan fingerprint density at radius 1 is 1.35 bits per heavy atom. The number of imide groups is 1. The minimum Gasteiger partial charge on any atom is -0.478 e. The summed E-state index contributed by atoms with van der Waals surface area (Å²) in [7, 11) is 1.50. The lowest BCUT2D eigenvalue weighted by Crippen LogP contribution is -2.45. The van der Waals surface area contributed by atoms with Crippen molar-refractivity contribution in [3.05, 3.63) is 12.2 Å². The highest BCUT2D eigenvalue weighted by atomic mass is 16.5. The van der Waals surface area contributed by atoms with E-state index in [0.29, 0.717) is 19.1 Å². The minimum atomic E-state index is -1.26. The van der Waals surface area contributed by atoms with Crippen molar-refractivity contribution in [2.75, 3.05) is 13.7 Å². The highest BCUT2D eigenvalue weighted by molar-refractivity contribution is 6.02. The number of carbonyl (C=O) groups is 3. The number of urea groups is 1. The SMILES string of the molecule is CCC(COC)NC(=O)NC(=O)C=CC(=O)O. The second-order valence-corrected chi connectivity index (χ2v) is 3.19. The summed E-state index contributed by atoms with van der Waals surface area (Å²) >= 11 is 0. The lowest BCUT2D eigenvalue weighted by molar-refractivity contribution is -0.131. The van der Waals surface area contributed by atoms with Gasteiger partial charge in [-0.05, 0) is 6.42 Å². The number of nitrogens with one attached hydrogen (secondary N) is 2. The predicted octanol–water partition coefficient (Wildman–Crippen LogP) is -0.122. The van der Waals surface area contributed by atoms with Gasteiger partial charge in [0.1, 0.15) is 0 Å². The molecular formula is C10H16N2O5. The van der Waals surface area contributed by atoms with E-state index in [1.807, 2.05) is 12.2 Å². The highest BCUT2D eigenvalue weighted by Gasteiger charge is 2.11. The molecule has 0 saturated carbocycles. The molecule has 0 heterocycles. The molecule has 1 atom stereocenters. The van der Waals surface area contributed by atoms with Crippen molar-refractivity contribution in [1.29, 1.82) is 0 Å². The molecule has 17 heavy (non-hydrogen) atoms. The fourth-order valence-electron chi connectivity index (χ4n) is 0.985. The summed E-state index contributed by atoms with van der Waals surface area (Å²) in [5.41, 5.74) is 0. The molecule has 0 radical (unpaired) electrons. The number of amides is 3. The summed E-state index contributed by atoms with van der Waals surface area (Å²) in [4.78, 5) is 32.4. The van der Waals surface area contributed by atoms with Crippen molar-refractivity contribution < 1.29 is 24.2 Å². The molecule has 7 nitrogen and oxygen atoms in total. The zero-order valence-corrected chi connectivity index (χ0v) is 9.73. The third-order valence-electron chi connectivity index (χ3n) is 1.81. The number of carbonyl (C=O) groups excluding carboxylic acids is 2. The molecule has 96 valence electrons. The maximum absolute atomic E-state index is 11.3. The van der Waals surface area contributed by atoms with Crippen molar-refractivity contribution in [3.63, 3.8) is 0 Å². The second kappa shape index (κ2) is 8.28. The first-order valence-electron chi connectivity index (χ1n) is 5.01. The van der Waals surface area contributed by atoms with Gasteiger partial charge in [-0.3, -0.25) is 10.1 Å². The maximum Gasteiger partial charge on any atom is 0.328 e. The number of hydrogen-bond donors (Lipinski definition) is 3. The lowest BCUT2D eigenvalue weighted by atomic mass is 10.2. The summed E-state index contributed by atoms with van der Waals surface area (Å²) in [5.74, 6) is -2.05. The van der Waals surface area contributed by atoms with E-state index in [1.54, 1.807) is 0 Å². The van der Waals surface area contributed by atoms with Crippen LogP contribution in [0.25, 0.3) is 0 Å². The van der Waals surface area contributed by atoms with Gasteiger partial charge in [-0.25, -0.2) is 9.59 Å². The predicted molar refractivity (Wildman–Crippen MR) is 59.4 cm³/mol. The molecule has 0 rings (SSSR count). The number of ether oxygens (including phenoxy) is 1. The summed E-state index contributed by atoms with van der Waals surface area (Å²) in [6.07, 6.45) is 2.06. The zero-order chi connectivity index (χ0) is 13.3. The monoisotopic (exact) mass is 244 g/mol. The van der Waals surface area contributed by atoms with Crippen LogP contribution in [0, 0.1) is 0 Å². The van der Waals surface area contributed by atoms with Gasteiger partial charge in [-0.1, -0.05) is 6.92 Å². The molecule has 0 aliphatic heterocycles. The van der Waals surface area contributed by atoms with Gasteiger partial charge < -0.3 is 15.2 Å². The summed E-state index contributed by atoms with van der Waals surface area (Å²) in [6, 6.07) is -0.884. The topological polar surface area (TPSA) is 105 Å². The lowest BCUT2D eigenvalue weighted by Gasteiger charge is -2.15. The van der Waals surface area contributed by atoms with Gasteiger partial charge >= 0.3 is 12.0 Å². The summed E-state index contributed by atoms with van der Waals surface area (Å²) < 4.78 is 4.86. The van der Waals surface area contributed by atoms with Crippen LogP contribution >= 0.6 is 0 Å². The molecule has 3 N–H and O–H groups in total. The molecular weight excluding hydrogens is 228 g/mol. The molecule has 0 aromatic carbocycles. The van der Waals surface area contributed by atoms with E-state index >= 15 is 0 Å². The van der Waals surface area contributed by atoms with Crippen LogP contribution in [0.5, 0.6) is 0 Å². The Hall–Kier alpha value is -1.89. The van der Waals surface area contributed by atoms with Crippen LogP contribution in [-0.2, 0) is 14.3 Å². The molecule has 0 aromatic heterocycles. The fourth-order valence-corrected chi connectivity index (χ4v) is 0.985. The Morgan fingerprint density at radius 3 is 2.47 bits per heavy atom. The van der Waals surface area contributed by atoms with Crippen molar-refractivity contribution in [3.8, 4) is 0 Å². The van der Waals surface area contributed by atoms with E-state index in [1.165, 1.54) is 7.11 Å². The highest BCUT2D eigenvalue weighted by Crippen LogP contribution is 1.90. The molecule has 0 aliphatic carbocycles. The van der Waals surface area contributed by atoms with Gasteiger partial charge in [0.15, 0.2) is 0 Å². The zero-order valence-electron chi connectivity index (χ0n) is 9.73. The largest absolute Gasteiger partial charge is 0.478 e. The Labute approximate surface area is 98.8 Å². The van der Waals surface area contributed by atoms with Crippen LogP contribution in [0.3, 0.4) is 0 Å². The second-order valence-electron chi connectivity index (χ2n) is 3.19. The Balaban J connectivity index is 4.08. The van der Waals surface area contributed by atoms with E-state index in [-0.39, 0.29) is 6.04 Å². The number of hydrogen-bond acceptors (Lipinski definition) is 4. The normalized spacial score (nSPS) is 12.1. The number of aliphatic carboxylic acids is 1. The van der Waals surface area contributed by atoms with Gasteiger partial charge in [0, 0.05) is 19.3 Å². The smallest absolute Gasteiger partial charge is 0.328 e. The van der Waals surface area contributed by atoms with Gasteiger partial charge in [0.25, 0.3) is 5.91 Å². The number of carboxylic acids is 1. The van der Waals surface area contributed by atoms with Crippen molar-refractivity contribution in [2.45, 2.75) is 19.4 Å². The van der Waals surface area contributed by atoms with Gasteiger partial charge in [-0.15, -0.1) is 0 Å². The van der Waals surface area contributed by atoms with E-state index in [0.717, 1.165) is 6.08 Å². The average Bonchev–Trinajstić information content (AvgIpc) is 2.25. The Morgan fingerprint density at radius 2 is 2.00 bits per heavy atom. The number of methoxy groups -OCH3 is 1. The summed E-state index contributed by atoms with van der Waals surface area (Å²) in [6.45, 7) is 2.19. The van der Waals surface area contributed by atoms with E-state index in [9.17, 15) is 14.4 Å². The molecule has 0 bridgehead atoms. The van der Waals surface area contributed by atoms with E-state index < -0.39 is 17.9 Å². The molecule has 0 aliphatic rings. The molecule has 0 saturated heterocycles. The molecule has 0 aromatic rings. The van der Waals surface area contributed by atoms with Gasteiger partial charge in [0.05, 0.1) is 12.6 Å². The molecule has 7 heteroatoms. The van der Waals surface area contributed by atoms with Crippen LogP contribution in [-0.4, -0.2) is 42.8 Å². The van der Waals surface area contributed by atoms with Crippen LogP contribution in [0.2, 0.25) is 0 Å². The molecule has 0 fully saturated rings. The summed E-state index contributed by atoms with van der Waals surface area (Å²) in [5, 5.41) is 12.7. The average molecular weight is 244 g/mol. The molecule has 0 spiro atoms. The van der Waals surface area contributed by atoms with Crippen LogP contribution in [0.1, 0.15) is 13.3 Å². The van der Waals surface area contributed by atoms with Crippen molar-refractivity contribution in [1.82, 2.24) is 10.6 Å². The van der Waals surface area contributed by atoms with Crippen LogP contribution in [0.4, 0.5) is 4.79 Å². The maximum atomic E-state index is 11.3. The Kier molecular flexibility index (Phi) is 7.36. The standard InChI is InChI=1S/C10H16N2O5/c1-3-7(6-17-2)11-10(16)12-8(13)4-5-9(14)15/h4-5,7H,3,6H2,1-2H3,(H,14,15)(H2,11,12,13,16). The first-order valence-corrected chi connectivity index (χ1v) is 5.01. The third kappa shape index (κ3) is 7.97. The minimum absolute atomic E-state index is 0.198. The van der Waals surface area contributed by atoms with Crippen molar-refractivity contribution >= 4 is 17.9 Å². The number of carboxylic acid groups (broad SMARTS) is 1. The van der Waals surface area contributed by atoms with E-state index in [2.05, 4.69) is 5.32 Å². The first-order chi connectivity index (χ1) is 7.99. The molecule has 1 unspecified atom stereocenters. The fraction of sp³-hybridized carbons (Fsp3) is 0.500. The molecule has 3 amide bonds. The van der Waals surface area contributed by atoms with Crippen LogP contribution in [0.15, 0.2) is 12.2 Å². The first kappa shape index (κ1) is 15.1. The van der Waals surface area contributed by atoms with Crippen LogP contribution < -0.4 is 10.6 Å². The van der Waals surface area contributed by atoms with Gasteiger partial charge in [-0.2, -0.15) is 0 Å². The Bertz CT molecular complexity index is 314. The van der Waals surface area contributed by atoms with Gasteiger partial charge in [0.2, 0.25) is 0 Å². The van der Waals surface area contributed by atoms with E-state index in [4.69, 9.17) is 9.84 Å². The quantitative estimate of drug-likeness (QED) is 0.565. The third-order valence-corrected chi connectivity index (χ3v) is 1.81. The number of rotatable bonds is 6. The van der Waals surface area contributed by atoms with Crippen molar-refractivity contribution in [2.24, 2.45) is 0 Å².